The van der Waals surface area contributed by atoms with Crippen molar-refractivity contribution in [1.82, 2.24) is 0 Å². The lowest BCUT2D eigenvalue weighted by Gasteiger charge is -2.08. The Hall–Kier alpha value is -2.30. The highest BCUT2D eigenvalue weighted by molar-refractivity contribution is 5.90. The summed E-state index contributed by atoms with van der Waals surface area (Å²) in [4.78, 5) is 21.7. The maximum Gasteiger partial charge on any atom is 0.339 e. The van der Waals surface area contributed by atoms with Crippen molar-refractivity contribution in [2.75, 3.05) is 13.2 Å². The number of carbonyl (C=O) groups is 2. The Labute approximate surface area is 117 Å². The molecular weight excluding hydrogens is 260 g/mol. The lowest BCUT2D eigenvalue weighted by Crippen LogP contribution is -2.05. The van der Waals surface area contributed by atoms with Gasteiger partial charge in [0.15, 0.2) is 0 Å². The molecule has 0 saturated heterocycles. The standard InChI is InChI=1S/C15H18O5/c1-2-14(16)20-11-7-3-6-10-19-13-9-5-4-8-12(13)15(17)18/h2,4-5,8-9H,1,3,6-7,10-11H2,(H,17,18). The molecule has 0 fully saturated rings. The zero-order valence-electron chi connectivity index (χ0n) is 11.2. The van der Waals surface area contributed by atoms with E-state index in [1.165, 1.54) is 6.07 Å². The fourth-order valence-corrected chi connectivity index (χ4v) is 1.56. The molecule has 1 aromatic rings. The first-order valence-electron chi connectivity index (χ1n) is 6.39. The number of rotatable bonds is 9. The van der Waals surface area contributed by atoms with Gasteiger partial charge in [0.25, 0.3) is 0 Å². The van der Waals surface area contributed by atoms with Crippen molar-refractivity contribution >= 4 is 11.9 Å². The summed E-state index contributed by atoms with van der Waals surface area (Å²) in [7, 11) is 0. The Morgan fingerprint density at radius 2 is 1.85 bits per heavy atom. The molecule has 0 radical (unpaired) electrons. The molecule has 0 aromatic heterocycles. The van der Waals surface area contributed by atoms with Crippen LogP contribution in [0.2, 0.25) is 0 Å². The highest BCUT2D eigenvalue weighted by Gasteiger charge is 2.09. The molecule has 0 heterocycles. The second-order valence-corrected chi connectivity index (χ2v) is 4.08. The van der Waals surface area contributed by atoms with Crippen molar-refractivity contribution in [2.24, 2.45) is 0 Å². The van der Waals surface area contributed by atoms with E-state index in [2.05, 4.69) is 6.58 Å². The highest BCUT2D eigenvalue weighted by atomic mass is 16.5. The van der Waals surface area contributed by atoms with Crippen LogP contribution in [0.4, 0.5) is 0 Å². The smallest absolute Gasteiger partial charge is 0.339 e. The van der Waals surface area contributed by atoms with Crippen LogP contribution in [0.25, 0.3) is 0 Å². The molecule has 0 aliphatic heterocycles. The molecule has 1 N–H and O–H groups in total. The lowest BCUT2D eigenvalue weighted by atomic mass is 10.2. The van der Waals surface area contributed by atoms with Gasteiger partial charge in [-0.15, -0.1) is 0 Å². The van der Waals surface area contributed by atoms with Crippen molar-refractivity contribution in [3.05, 3.63) is 42.5 Å². The summed E-state index contributed by atoms with van der Waals surface area (Å²) < 4.78 is 10.3. The van der Waals surface area contributed by atoms with Crippen LogP contribution in [-0.2, 0) is 9.53 Å². The molecule has 1 aromatic carbocycles. The summed E-state index contributed by atoms with van der Waals surface area (Å²) in [5.74, 6) is -1.05. The average molecular weight is 278 g/mol. The maximum absolute atomic E-state index is 11.0. The number of carbonyl (C=O) groups excluding carboxylic acids is 1. The molecular formula is C15H18O5. The number of para-hydroxylation sites is 1. The van der Waals surface area contributed by atoms with Crippen LogP contribution in [0.1, 0.15) is 29.6 Å². The van der Waals surface area contributed by atoms with Crippen molar-refractivity contribution in [1.29, 1.82) is 0 Å². The normalized spacial score (nSPS) is 9.80. The third-order valence-corrected chi connectivity index (χ3v) is 2.57. The van der Waals surface area contributed by atoms with E-state index in [0.717, 1.165) is 25.3 Å². The van der Waals surface area contributed by atoms with E-state index in [4.69, 9.17) is 14.6 Å². The first-order valence-corrected chi connectivity index (χ1v) is 6.39. The molecule has 108 valence electrons. The number of aromatic carboxylic acids is 1. The fraction of sp³-hybridized carbons (Fsp3) is 0.333. The molecule has 0 bridgehead atoms. The van der Waals surface area contributed by atoms with Crippen molar-refractivity contribution in [2.45, 2.75) is 19.3 Å². The van der Waals surface area contributed by atoms with Gasteiger partial charge in [0, 0.05) is 6.08 Å². The van der Waals surface area contributed by atoms with Gasteiger partial charge in [-0.2, -0.15) is 0 Å². The van der Waals surface area contributed by atoms with Crippen LogP contribution in [0.3, 0.4) is 0 Å². The molecule has 0 saturated carbocycles. The van der Waals surface area contributed by atoms with Crippen molar-refractivity contribution in [3.8, 4) is 5.75 Å². The lowest BCUT2D eigenvalue weighted by molar-refractivity contribution is -0.137. The quantitative estimate of drug-likeness (QED) is 0.427. The summed E-state index contributed by atoms with van der Waals surface area (Å²) in [6.07, 6.45) is 3.47. The summed E-state index contributed by atoms with van der Waals surface area (Å²) in [5.41, 5.74) is 0.160. The van der Waals surface area contributed by atoms with Crippen LogP contribution in [-0.4, -0.2) is 30.3 Å². The molecule has 5 nitrogen and oxygen atoms in total. The van der Waals surface area contributed by atoms with E-state index in [0.29, 0.717) is 19.0 Å². The molecule has 20 heavy (non-hydrogen) atoms. The van der Waals surface area contributed by atoms with Gasteiger partial charge in [-0.25, -0.2) is 9.59 Å². The predicted molar refractivity (Wildman–Crippen MR) is 73.9 cm³/mol. The minimum Gasteiger partial charge on any atom is -0.493 e. The van der Waals surface area contributed by atoms with Crippen LogP contribution >= 0.6 is 0 Å². The van der Waals surface area contributed by atoms with Gasteiger partial charge in [0.1, 0.15) is 11.3 Å². The Balaban J connectivity index is 2.20. The number of hydrogen-bond acceptors (Lipinski definition) is 4. The third-order valence-electron chi connectivity index (χ3n) is 2.57. The number of ether oxygens (including phenoxy) is 2. The molecule has 0 aliphatic rings. The topological polar surface area (TPSA) is 72.8 Å². The molecule has 1 rings (SSSR count). The SMILES string of the molecule is C=CC(=O)OCCCCCOc1ccccc1C(=O)O. The summed E-state index contributed by atoms with van der Waals surface area (Å²) >= 11 is 0. The average Bonchev–Trinajstić information content (AvgIpc) is 2.46. The summed E-state index contributed by atoms with van der Waals surface area (Å²) in [5, 5.41) is 8.98. The predicted octanol–water partition coefficient (Wildman–Crippen LogP) is 2.66. The number of carboxylic acid groups (broad SMARTS) is 1. The first kappa shape index (κ1) is 15.8. The Morgan fingerprint density at radius 3 is 2.55 bits per heavy atom. The van der Waals surface area contributed by atoms with Crippen LogP contribution in [0.5, 0.6) is 5.75 Å². The Morgan fingerprint density at radius 1 is 1.15 bits per heavy atom. The third kappa shape index (κ3) is 5.56. The number of benzene rings is 1. The van der Waals surface area contributed by atoms with Gasteiger partial charge in [0.2, 0.25) is 0 Å². The van der Waals surface area contributed by atoms with Gasteiger partial charge in [-0.1, -0.05) is 18.7 Å². The van der Waals surface area contributed by atoms with E-state index < -0.39 is 11.9 Å². The molecule has 0 amide bonds. The zero-order valence-corrected chi connectivity index (χ0v) is 11.2. The van der Waals surface area contributed by atoms with Gasteiger partial charge in [-0.3, -0.25) is 0 Å². The fourth-order valence-electron chi connectivity index (χ4n) is 1.56. The molecule has 0 spiro atoms. The largest absolute Gasteiger partial charge is 0.493 e. The number of carboxylic acids is 1. The number of hydrogen-bond donors (Lipinski definition) is 1. The maximum atomic E-state index is 11.0. The number of unbranched alkanes of at least 4 members (excludes halogenated alkanes) is 2. The minimum absolute atomic E-state index is 0.160. The van der Waals surface area contributed by atoms with Gasteiger partial charge >= 0.3 is 11.9 Å². The molecule has 0 unspecified atom stereocenters. The van der Waals surface area contributed by atoms with E-state index >= 15 is 0 Å². The highest BCUT2D eigenvalue weighted by Crippen LogP contribution is 2.18. The van der Waals surface area contributed by atoms with Gasteiger partial charge in [-0.05, 0) is 31.4 Å². The van der Waals surface area contributed by atoms with E-state index in [1.54, 1.807) is 18.2 Å². The Kier molecular flexibility index (Phi) is 6.89. The molecule has 0 aliphatic carbocycles. The first-order chi connectivity index (χ1) is 9.65. The van der Waals surface area contributed by atoms with Gasteiger partial charge < -0.3 is 14.6 Å². The number of esters is 1. The van der Waals surface area contributed by atoms with E-state index in [9.17, 15) is 9.59 Å². The van der Waals surface area contributed by atoms with Crippen molar-refractivity contribution in [3.63, 3.8) is 0 Å². The Bertz CT molecular complexity index is 467. The minimum atomic E-state index is -1.00. The van der Waals surface area contributed by atoms with Crippen LogP contribution in [0.15, 0.2) is 36.9 Å². The molecule has 0 atom stereocenters. The second-order valence-electron chi connectivity index (χ2n) is 4.08. The van der Waals surface area contributed by atoms with Gasteiger partial charge in [0.05, 0.1) is 13.2 Å². The second kappa shape index (κ2) is 8.74. The van der Waals surface area contributed by atoms with E-state index in [-0.39, 0.29) is 5.56 Å². The van der Waals surface area contributed by atoms with E-state index in [1.807, 2.05) is 0 Å². The zero-order chi connectivity index (χ0) is 14.8. The summed E-state index contributed by atoms with van der Waals surface area (Å²) in [6.45, 7) is 4.09. The summed E-state index contributed by atoms with van der Waals surface area (Å²) in [6, 6.07) is 6.53. The molecule has 5 heteroatoms. The monoisotopic (exact) mass is 278 g/mol. The van der Waals surface area contributed by atoms with Crippen LogP contribution < -0.4 is 4.74 Å². The van der Waals surface area contributed by atoms with Crippen LogP contribution in [0, 0.1) is 0 Å². The van der Waals surface area contributed by atoms with Crippen molar-refractivity contribution < 1.29 is 24.2 Å².